The Labute approximate surface area is 138 Å². The average molecular weight is 337 g/mol. The zero-order chi connectivity index (χ0) is 17.7. The van der Waals surface area contributed by atoms with E-state index in [1.165, 1.54) is 12.1 Å². The number of halogens is 3. The maximum absolute atomic E-state index is 12.5. The van der Waals surface area contributed by atoms with Gasteiger partial charge < -0.3 is 10.4 Å². The molecule has 0 amide bonds. The molecule has 0 spiro atoms. The number of alkyl halides is 3. The molecule has 24 heavy (non-hydrogen) atoms. The summed E-state index contributed by atoms with van der Waals surface area (Å²) < 4.78 is 37.6. The zero-order valence-corrected chi connectivity index (χ0v) is 13.1. The summed E-state index contributed by atoms with van der Waals surface area (Å²) in [5, 5.41) is 12.1. The Balaban J connectivity index is 1.86. The third-order valence-electron chi connectivity index (χ3n) is 3.79. The van der Waals surface area contributed by atoms with E-state index in [0.29, 0.717) is 13.1 Å². The molecule has 6 heteroatoms. The van der Waals surface area contributed by atoms with Crippen LogP contribution in [0.2, 0.25) is 0 Å². The third kappa shape index (κ3) is 4.83. The Morgan fingerprint density at radius 2 is 1.67 bits per heavy atom. The van der Waals surface area contributed by atoms with E-state index in [4.69, 9.17) is 5.11 Å². The molecule has 0 heterocycles. The van der Waals surface area contributed by atoms with Gasteiger partial charge in [-0.25, -0.2) is 4.79 Å². The molecule has 0 fully saturated rings. The maximum atomic E-state index is 12.5. The van der Waals surface area contributed by atoms with E-state index in [9.17, 15) is 18.0 Å². The summed E-state index contributed by atoms with van der Waals surface area (Å²) in [6, 6.07) is 11.7. The number of carbonyl (C=O) groups is 1. The van der Waals surface area contributed by atoms with Crippen LogP contribution in [-0.2, 0) is 12.7 Å². The number of benzene rings is 2. The molecule has 2 aromatic carbocycles. The molecule has 2 aromatic rings. The highest BCUT2D eigenvalue weighted by Gasteiger charge is 2.30. The summed E-state index contributed by atoms with van der Waals surface area (Å²) in [5.41, 5.74) is 1.36. The van der Waals surface area contributed by atoms with Crippen LogP contribution in [0.25, 0.3) is 0 Å². The highest BCUT2D eigenvalue weighted by atomic mass is 19.4. The van der Waals surface area contributed by atoms with Gasteiger partial charge in [-0.1, -0.05) is 31.2 Å². The molecule has 0 aromatic heterocycles. The normalized spacial score (nSPS) is 12.8. The van der Waals surface area contributed by atoms with Crippen LogP contribution in [0.1, 0.15) is 39.9 Å². The monoisotopic (exact) mass is 337 g/mol. The van der Waals surface area contributed by atoms with E-state index in [-0.39, 0.29) is 11.5 Å². The van der Waals surface area contributed by atoms with E-state index >= 15 is 0 Å². The minimum Gasteiger partial charge on any atom is -0.478 e. The molecule has 0 aliphatic carbocycles. The molecule has 1 unspecified atom stereocenters. The van der Waals surface area contributed by atoms with Crippen molar-refractivity contribution in [1.29, 1.82) is 0 Å². The molecule has 128 valence electrons. The van der Waals surface area contributed by atoms with Crippen molar-refractivity contribution < 1.29 is 23.1 Å². The van der Waals surface area contributed by atoms with E-state index in [2.05, 4.69) is 5.32 Å². The second kappa shape index (κ2) is 7.49. The van der Waals surface area contributed by atoms with Crippen LogP contribution in [0.3, 0.4) is 0 Å². The van der Waals surface area contributed by atoms with Crippen LogP contribution in [0, 0.1) is 0 Å². The van der Waals surface area contributed by atoms with Crippen molar-refractivity contribution in [2.24, 2.45) is 0 Å². The lowest BCUT2D eigenvalue weighted by atomic mass is 9.99. The lowest BCUT2D eigenvalue weighted by molar-refractivity contribution is -0.137. The Bertz CT molecular complexity index is 679. The molecule has 0 aliphatic rings. The molecule has 0 bridgehead atoms. The Morgan fingerprint density at radius 3 is 2.17 bits per heavy atom. The standard InChI is InChI=1S/C18H18F3NO2/c1-12(14-6-8-16(9-7-14)18(19,20)21)10-22-11-13-2-4-15(5-3-13)17(23)24/h2-9,12,22H,10-11H2,1H3,(H,23,24). The lowest BCUT2D eigenvalue weighted by Crippen LogP contribution is -2.19. The molecular formula is C18H18F3NO2. The topological polar surface area (TPSA) is 49.3 Å². The zero-order valence-electron chi connectivity index (χ0n) is 13.1. The van der Waals surface area contributed by atoms with Crippen molar-refractivity contribution in [2.45, 2.75) is 25.6 Å². The van der Waals surface area contributed by atoms with Gasteiger partial charge in [0.05, 0.1) is 11.1 Å². The molecule has 0 saturated heterocycles. The van der Waals surface area contributed by atoms with E-state index in [1.807, 2.05) is 6.92 Å². The van der Waals surface area contributed by atoms with Crippen LogP contribution in [0.4, 0.5) is 13.2 Å². The van der Waals surface area contributed by atoms with Crippen LogP contribution < -0.4 is 5.32 Å². The molecule has 1 atom stereocenters. The SMILES string of the molecule is CC(CNCc1ccc(C(=O)O)cc1)c1ccc(C(F)(F)F)cc1. The molecule has 0 aliphatic heterocycles. The van der Waals surface area contributed by atoms with E-state index in [1.54, 1.807) is 24.3 Å². The maximum Gasteiger partial charge on any atom is 0.416 e. The minimum absolute atomic E-state index is 0.0607. The average Bonchev–Trinajstić information content (AvgIpc) is 2.54. The fraction of sp³-hybridized carbons (Fsp3) is 0.278. The quantitative estimate of drug-likeness (QED) is 0.826. The first-order valence-corrected chi connectivity index (χ1v) is 7.47. The van der Waals surface area contributed by atoms with Crippen molar-refractivity contribution in [1.82, 2.24) is 5.32 Å². The molecule has 0 saturated carbocycles. The van der Waals surface area contributed by atoms with Gasteiger partial charge in [-0.05, 0) is 41.3 Å². The fourth-order valence-corrected chi connectivity index (χ4v) is 2.32. The van der Waals surface area contributed by atoms with Gasteiger partial charge >= 0.3 is 12.1 Å². The molecule has 2 rings (SSSR count). The van der Waals surface area contributed by atoms with Gasteiger partial charge in [-0.2, -0.15) is 13.2 Å². The smallest absolute Gasteiger partial charge is 0.416 e. The molecule has 3 nitrogen and oxygen atoms in total. The van der Waals surface area contributed by atoms with Crippen molar-refractivity contribution in [3.63, 3.8) is 0 Å². The molecule has 2 N–H and O–H groups in total. The van der Waals surface area contributed by atoms with Gasteiger partial charge in [0.2, 0.25) is 0 Å². The van der Waals surface area contributed by atoms with Gasteiger partial charge in [0.25, 0.3) is 0 Å². The van der Waals surface area contributed by atoms with Gasteiger partial charge in [0.15, 0.2) is 0 Å². The highest BCUT2D eigenvalue weighted by Crippen LogP contribution is 2.30. The lowest BCUT2D eigenvalue weighted by Gasteiger charge is -2.14. The Morgan fingerprint density at radius 1 is 1.08 bits per heavy atom. The number of nitrogens with one attached hydrogen (secondary N) is 1. The van der Waals surface area contributed by atoms with E-state index < -0.39 is 17.7 Å². The minimum atomic E-state index is -4.32. The first-order valence-electron chi connectivity index (χ1n) is 7.47. The van der Waals surface area contributed by atoms with Gasteiger partial charge in [-0.15, -0.1) is 0 Å². The number of carboxylic acid groups (broad SMARTS) is 1. The van der Waals surface area contributed by atoms with Crippen molar-refractivity contribution in [3.05, 3.63) is 70.8 Å². The predicted octanol–water partition coefficient (Wildman–Crippen LogP) is 4.30. The summed E-state index contributed by atoms with van der Waals surface area (Å²) in [4.78, 5) is 10.8. The second-order valence-corrected chi connectivity index (χ2v) is 5.65. The predicted molar refractivity (Wildman–Crippen MR) is 85.0 cm³/mol. The number of hydrogen-bond acceptors (Lipinski definition) is 2. The van der Waals surface area contributed by atoms with Crippen LogP contribution in [0.15, 0.2) is 48.5 Å². The Kier molecular flexibility index (Phi) is 5.62. The van der Waals surface area contributed by atoms with Gasteiger partial charge in [-0.3, -0.25) is 0 Å². The highest BCUT2D eigenvalue weighted by molar-refractivity contribution is 5.87. The van der Waals surface area contributed by atoms with Crippen molar-refractivity contribution in [2.75, 3.05) is 6.54 Å². The van der Waals surface area contributed by atoms with E-state index in [0.717, 1.165) is 23.3 Å². The number of hydrogen-bond donors (Lipinski definition) is 2. The van der Waals surface area contributed by atoms with Crippen molar-refractivity contribution in [3.8, 4) is 0 Å². The molecular weight excluding hydrogens is 319 g/mol. The first-order chi connectivity index (χ1) is 11.3. The number of rotatable bonds is 6. The number of aromatic carboxylic acids is 1. The van der Waals surface area contributed by atoms with Crippen LogP contribution in [0.5, 0.6) is 0 Å². The first kappa shape index (κ1) is 18.0. The molecule has 0 radical (unpaired) electrons. The van der Waals surface area contributed by atoms with Gasteiger partial charge in [0.1, 0.15) is 0 Å². The fourth-order valence-electron chi connectivity index (χ4n) is 2.32. The Hall–Kier alpha value is -2.34. The van der Waals surface area contributed by atoms with Gasteiger partial charge in [0, 0.05) is 13.1 Å². The summed E-state index contributed by atoms with van der Waals surface area (Å²) in [5.74, 6) is -0.906. The third-order valence-corrected chi connectivity index (χ3v) is 3.79. The summed E-state index contributed by atoms with van der Waals surface area (Å²) in [7, 11) is 0. The van der Waals surface area contributed by atoms with Crippen LogP contribution in [-0.4, -0.2) is 17.6 Å². The summed E-state index contributed by atoms with van der Waals surface area (Å²) in [6.07, 6.45) is -4.32. The van der Waals surface area contributed by atoms with Crippen LogP contribution >= 0.6 is 0 Å². The van der Waals surface area contributed by atoms with Crippen molar-refractivity contribution >= 4 is 5.97 Å². The number of carboxylic acids is 1. The second-order valence-electron chi connectivity index (χ2n) is 5.65. The largest absolute Gasteiger partial charge is 0.478 e. The summed E-state index contributed by atoms with van der Waals surface area (Å²) >= 11 is 0. The summed E-state index contributed by atoms with van der Waals surface area (Å²) in [6.45, 7) is 3.10.